The minimum atomic E-state index is -1.05. The van der Waals surface area contributed by atoms with Crippen molar-refractivity contribution in [1.82, 2.24) is 0 Å². The van der Waals surface area contributed by atoms with Crippen molar-refractivity contribution in [2.75, 3.05) is 14.2 Å². The van der Waals surface area contributed by atoms with Gasteiger partial charge in [0, 0.05) is 20.6 Å². The lowest BCUT2D eigenvalue weighted by atomic mass is 10.1. The van der Waals surface area contributed by atoms with Crippen LogP contribution in [0.25, 0.3) is 0 Å². The molecule has 1 atom stereocenters. The fourth-order valence-corrected chi connectivity index (χ4v) is 1.44. The summed E-state index contributed by atoms with van der Waals surface area (Å²) in [6.07, 6.45) is -1.98. The fourth-order valence-electron chi connectivity index (χ4n) is 1.44. The van der Waals surface area contributed by atoms with Crippen LogP contribution in [0, 0.1) is 11.6 Å². The zero-order valence-electron chi connectivity index (χ0n) is 9.11. The van der Waals surface area contributed by atoms with Gasteiger partial charge >= 0.3 is 0 Å². The van der Waals surface area contributed by atoms with E-state index in [0.717, 1.165) is 6.07 Å². The van der Waals surface area contributed by atoms with Crippen molar-refractivity contribution in [2.24, 2.45) is 0 Å². The van der Waals surface area contributed by atoms with Gasteiger partial charge < -0.3 is 14.6 Å². The molecule has 1 N–H and O–H groups in total. The van der Waals surface area contributed by atoms with Crippen LogP contribution in [0.2, 0.25) is 0 Å². The van der Waals surface area contributed by atoms with Crippen molar-refractivity contribution in [1.29, 1.82) is 0 Å². The molecule has 0 bridgehead atoms. The zero-order chi connectivity index (χ0) is 12.1. The molecule has 0 aliphatic carbocycles. The molecular weight excluding hydrogens is 218 g/mol. The van der Waals surface area contributed by atoms with Crippen LogP contribution in [-0.2, 0) is 15.9 Å². The fraction of sp³-hybridized carbons (Fsp3) is 0.455. The van der Waals surface area contributed by atoms with Crippen LogP contribution in [0.15, 0.2) is 18.2 Å². The predicted octanol–water partition coefficient (Wildman–Crippen LogP) is 1.49. The predicted molar refractivity (Wildman–Crippen MR) is 53.9 cm³/mol. The third-order valence-electron chi connectivity index (χ3n) is 2.24. The average molecular weight is 232 g/mol. The molecule has 0 saturated heterocycles. The van der Waals surface area contributed by atoms with E-state index < -0.39 is 24.0 Å². The summed E-state index contributed by atoms with van der Waals surface area (Å²) in [6.45, 7) is 0. The topological polar surface area (TPSA) is 38.7 Å². The summed E-state index contributed by atoms with van der Waals surface area (Å²) in [7, 11) is 2.72. The number of hydrogen-bond acceptors (Lipinski definition) is 3. The summed E-state index contributed by atoms with van der Waals surface area (Å²) in [6, 6.07) is 3.81. The van der Waals surface area contributed by atoms with Gasteiger partial charge in [-0.25, -0.2) is 8.78 Å². The van der Waals surface area contributed by atoms with Crippen molar-refractivity contribution in [3.05, 3.63) is 35.4 Å². The highest BCUT2D eigenvalue weighted by atomic mass is 19.2. The van der Waals surface area contributed by atoms with Gasteiger partial charge in [-0.05, 0) is 11.6 Å². The smallest absolute Gasteiger partial charge is 0.183 e. The second-order valence-electron chi connectivity index (χ2n) is 3.32. The van der Waals surface area contributed by atoms with Crippen LogP contribution in [0.3, 0.4) is 0 Å². The van der Waals surface area contributed by atoms with Gasteiger partial charge in [0.25, 0.3) is 0 Å². The average Bonchev–Trinajstić information content (AvgIpc) is 2.26. The Morgan fingerprint density at radius 2 is 1.88 bits per heavy atom. The summed E-state index contributed by atoms with van der Waals surface area (Å²) in [5.41, 5.74) is 0.0894. The zero-order valence-corrected chi connectivity index (χ0v) is 9.11. The number of rotatable bonds is 5. The molecule has 1 unspecified atom stereocenters. The van der Waals surface area contributed by atoms with Crippen LogP contribution < -0.4 is 0 Å². The molecule has 3 nitrogen and oxygen atoms in total. The Morgan fingerprint density at radius 3 is 2.44 bits per heavy atom. The number of hydrogen-bond donors (Lipinski definition) is 1. The second-order valence-corrected chi connectivity index (χ2v) is 3.32. The van der Waals surface area contributed by atoms with Crippen LogP contribution in [0.4, 0.5) is 8.78 Å². The van der Waals surface area contributed by atoms with E-state index in [1.165, 1.54) is 26.4 Å². The Bertz CT molecular complexity index is 340. The molecule has 0 amide bonds. The molecular formula is C11H14F2O3. The minimum absolute atomic E-state index is 0.0735. The number of methoxy groups -OCH3 is 2. The molecule has 0 spiro atoms. The molecule has 0 aliphatic heterocycles. The lowest BCUT2D eigenvalue weighted by Crippen LogP contribution is -2.31. The van der Waals surface area contributed by atoms with Gasteiger partial charge in [-0.15, -0.1) is 0 Å². The van der Waals surface area contributed by atoms with Gasteiger partial charge in [-0.2, -0.15) is 0 Å². The maximum atomic E-state index is 13.3. The van der Waals surface area contributed by atoms with Crippen LogP contribution in [-0.4, -0.2) is 31.7 Å². The van der Waals surface area contributed by atoms with E-state index >= 15 is 0 Å². The van der Waals surface area contributed by atoms with Crippen molar-refractivity contribution >= 4 is 0 Å². The molecule has 0 fully saturated rings. The number of ether oxygens (including phenoxy) is 2. The SMILES string of the molecule is COC(OC)C(O)Cc1cccc(F)c1F. The first-order valence-electron chi connectivity index (χ1n) is 4.76. The summed E-state index contributed by atoms with van der Waals surface area (Å²) in [4.78, 5) is 0. The van der Waals surface area contributed by atoms with E-state index in [0.29, 0.717) is 0 Å². The highest BCUT2D eigenvalue weighted by molar-refractivity contribution is 5.19. The largest absolute Gasteiger partial charge is 0.387 e. The number of aliphatic hydroxyl groups excluding tert-OH is 1. The third-order valence-corrected chi connectivity index (χ3v) is 2.24. The van der Waals surface area contributed by atoms with Gasteiger partial charge in [-0.1, -0.05) is 12.1 Å². The van der Waals surface area contributed by atoms with Crippen LogP contribution in [0.1, 0.15) is 5.56 Å². The van der Waals surface area contributed by atoms with E-state index in [4.69, 9.17) is 9.47 Å². The Labute approximate surface area is 92.6 Å². The first kappa shape index (κ1) is 13.0. The van der Waals surface area contributed by atoms with Crippen LogP contribution >= 0.6 is 0 Å². The molecule has 0 heterocycles. The number of aliphatic hydroxyl groups is 1. The molecule has 16 heavy (non-hydrogen) atoms. The number of benzene rings is 1. The minimum Gasteiger partial charge on any atom is -0.387 e. The second kappa shape index (κ2) is 5.89. The number of halogens is 2. The van der Waals surface area contributed by atoms with Crippen LogP contribution in [0.5, 0.6) is 0 Å². The first-order chi connectivity index (χ1) is 7.60. The molecule has 0 radical (unpaired) electrons. The molecule has 1 aromatic rings. The van der Waals surface area contributed by atoms with Gasteiger partial charge in [-0.3, -0.25) is 0 Å². The lowest BCUT2D eigenvalue weighted by molar-refractivity contribution is -0.163. The third kappa shape index (κ3) is 2.98. The van der Waals surface area contributed by atoms with Crippen molar-refractivity contribution < 1.29 is 23.4 Å². The highest BCUT2D eigenvalue weighted by Gasteiger charge is 2.20. The monoisotopic (exact) mass is 232 g/mol. The summed E-state index contributed by atoms with van der Waals surface area (Å²) < 4.78 is 35.8. The van der Waals surface area contributed by atoms with Crippen molar-refractivity contribution in [3.63, 3.8) is 0 Å². The van der Waals surface area contributed by atoms with Gasteiger partial charge in [0.2, 0.25) is 0 Å². The van der Waals surface area contributed by atoms with E-state index in [9.17, 15) is 13.9 Å². The molecule has 1 aromatic carbocycles. The van der Waals surface area contributed by atoms with E-state index in [-0.39, 0.29) is 12.0 Å². The lowest BCUT2D eigenvalue weighted by Gasteiger charge is -2.20. The van der Waals surface area contributed by atoms with E-state index in [1.807, 2.05) is 0 Å². The normalized spacial score (nSPS) is 13.1. The van der Waals surface area contributed by atoms with E-state index in [1.54, 1.807) is 0 Å². The maximum Gasteiger partial charge on any atom is 0.183 e. The summed E-state index contributed by atoms with van der Waals surface area (Å²) in [5, 5.41) is 9.64. The quantitative estimate of drug-likeness (QED) is 0.782. The summed E-state index contributed by atoms with van der Waals surface area (Å²) >= 11 is 0. The first-order valence-corrected chi connectivity index (χ1v) is 4.76. The molecule has 0 aromatic heterocycles. The van der Waals surface area contributed by atoms with Crippen molar-refractivity contribution in [2.45, 2.75) is 18.8 Å². The highest BCUT2D eigenvalue weighted by Crippen LogP contribution is 2.15. The Kier molecular flexibility index (Phi) is 4.79. The van der Waals surface area contributed by atoms with Gasteiger partial charge in [0.1, 0.15) is 6.10 Å². The van der Waals surface area contributed by atoms with Gasteiger partial charge in [0.15, 0.2) is 17.9 Å². The molecule has 1 rings (SSSR count). The maximum absolute atomic E-state index is 13.3. The Morgan fingerprint density at radius 1 is 1.25 bits per heavy atom. The molecule has 0 aliphatic rings. The summed E-state index contributed by atoms with van der Waals surface area (Å²) in [5.74, 6) is -1.89. The standard InChI is InChI=1S/C11H14F2O3/c1-15-11(16-2)9(14)6-7-4-3-5-8(12)10(7)13/h3-5,9,11,14H,6H2,1-2H3. The van der Waals surface area contributed by atoms with E-state index in [2.05, 4.69) is 0 Å². The Balaban J connectivity index is 2.76. The van der Waals surface area contributed by atoms with Gasteiger partial charge in [0.05, 0.1) is 0 Å². The Hall–Kier alpha value is -1.04. The molecule has 90 valence electrons. The van der Waals surface area contributed by atoms with Crippen molar-refractivity contribution in [3.8, 4) is 0 Å². The molecule has 0 saturated carbocycles. The molecule has 5 heteroatoms.